The van der Waals surface area contributed by atoms with Crippen LogP contribution in [0.3, 0.4) is 0 Å². The normalized spacial score (nSPS) is 11.1. The number of carbonyl (C=O) groups is 1. The maximum atomic E-state index is 11.3. The SMILES string of the molecule is CCC(=O)NCCc1cn(C(C)C)c2ccc(OC)cc12. The van der Waals surface area contributed by atoms with Gasteiger partial charge in [0, 0.05) is 36.1 Å². The molecule has 2 rings (SSSR count). The van der Waals surface area contributed by atoms with Gasteiger partial charge in [-0.2, -0.15) is 0 Å². The second kappa shape index (κ2) is 6.66. The van der Waals surface area contributed by atoms with E-state index in [1.54, 1.807) is 7.11 Å². The van der Waals surface area contributed by atoms with E-state index in [1.165, 1.54) is 16.5 Å². The van der Waals surface area contributed by atoms with Gasteiger partial charge in [0.05, 0.1) is 7.11 Å². The van der Waals surface area contributed by atoms with E-state index in [0.29, 0.717) is 19.0 Å². The maximum Gasteiger partial charge on any atom is 0.219 e. The number of ether oxygens (including phenoxy) is 1. The van der Waals surface area contributed by atoms with Crippen LogP contribution in [0.1, 0.15) is 38.8 Å². The van der Waals surface area contributed by atoms with E-state index < -0.39 is 0 Å². The quantitative estimate of drug-likeness (QED) is 0.886. The van der Waals surface area contributed by atoms with E-state index in [9.17, 15) is 4.79 Å². The molecule has 0 aliphatic carbocycles. The molecule has 0 fully saturated rings. The van der Waals surface area contributed by atoms with Gasteiger partial charge in [0.25, 0.3) is 0 Å². The molecular weight excluding hydrogens is 264 g/mol. The summed E-state index contributed by atoms with van der Waals surface area (Å²) in [5, 5.41) is 4.14. The molecule has 0 unspecified atom stereocenters. The highest BCUT2D eigenvalue weighted by atomic mass is 16.5. The highest BCUT2D eigenvalue weighted by molar-refractivity contribution is 5.85. The first kappa shape index (κ1) is 15.4. The van der Waals surface area contributed by atoms with Gasteiger partial charge >= 0.3 is 0 Å². The Hall–Kier alpha value is -1.97. The molecule has 21 heavy (non-hydrogen) atoms. The van der Waals surface area contributed by atoms with Crippen molar-refractivity contribution in [2.45, 2.75) is 39.7 Å². The van der Waals surface area contributed by atoms with Crippen molar-refractivity contribution >= 4 is 16.8 Å². The van der Waals surface area contributed by atoms with Crippen molar-refractivity contribution in [3.8, 4) is 5.75 Å². The number of fused-ring (bicyclic) bond motifs is 1. The molecule has 4 nitrogen and oxygen atoms in total. The summed E-state index contributed by atoms with van der Waals surface area (Å²) < 4.78 is 7.60. The van der Waals surface area contributed by atoms with Crippen LogP contribution in [0.25, 0.3) is 10.9 Å². The molecule has 1 heterocycles. The lowest BCUT2D eigenvalue weighted by atomic mass is 10.1. The van der Waals surface area contributed by atoms with Crippen LogP contribution in [-0.2, 0) is 11.2 Å². The summed E-state index contributed by atoms with van der Waals surface area (Å²) in [6.07, 6.45) is 3.55. The summed E-state index contributed by atoms with van der Waals surface area (Å²) in [6, 6.07) is 6.57. The average Bonchev–Trinajstić information content (AvgIpc) is 2.85. The van der Waals surface area contributed by atoms with Crippen molar-refractivity contribution in [2.75, 3.05) is 13.7 Å². The summed E-state index contributed by atoms with van der Waals surface area (Å²) in [6.45, 7) is 6.88. The third-order valence-electron chi connectivity index (χ3n) is 3.72. The van der Waals surface area contributed by atoms with Gasteiger partial charge in [0.1, 0.15) is 5.75 Å². The fraction of sp³-hybridized carbons (Fsp3) is 0.471. The molecule has 1 aromatic carbocycles. The first-order valence-corrected chi connectivity index (χ1v) is 7.51. The van der Waals surface area contributed by atoms with Gasteiger partial charge in [0.2, 0.25) is 5.91 Å². The average molecular weight is 288 g/mol. The van der Waals surface area contributed by atoms with Crippen molar-refractivity contribution in [3.05, 3.63) is 30.0 Å². The summed E-state index contributed by atoms with van der Waals surface area (Å²) in [4.78, 5) is 11.3. The van der Waals surface area contributed by atoms with Crippen LogP contribution in [0.4, 0.5) is 0 Å². The maximum absolute atomic E-state index is 11.3. The van der Waals surface area contributed by atoms with Crippen molar-refractivity contribution in [3.63, 3.8) is 0 Å². The zero-order valence-corrected chi connectivity index (χ0v) is 13.3. The third-order valence-corrected chi connectivity index (χ3v) is 3.72. The molecule has 114 valence electrons. The van der Waals surface area contributed by atoms with Gasteiger partial charge in [0.15, 0.2) is 0 Å². The van der Waals surface area contributed by atoms with E-state index in [4.69, 9.17) is 4.74 Å². The van der Waals surface area contributed by atoms with Crippen LogP contribution in [0, 0.1) is 0 Å². The van der Waals surface area contributed by atoms with Crippen LogP contribution in [0.15, 0.2) is 24.4 Å². The number of methoxy groups -OCH3 is 1. The molecule has 0 aliphatic heterocycles. The van der Waals surface area contributed by atoms with Gasteiger partial charge < -0.3 is 14.6 Å². The van der Waals surface area contributed by atoms with E-state index in [2.05, 4.69) is 42.1 Å². The Morgan fingerprint density at radius 2 is 2.14 bits per heavy atom. The molecule has 0 radical (unpaired) electrons. The lowest BCUT2D eigenvalue weighted by Crippen LogP contribution is -2.24. The summed E-state index contributed by atoms with van der Waals surface area (Å²) in [7, 11) is 1.68. The Labute approximate surface area is 126 Å². The standard InChI is InChI=1S/C17H24N2O2/c1-5-17(20)18-9-8-13-11-19(12(2)3)16-7-6-14(21-4)10-15(13)16/h6-7,10-12H,5,8-9H2,1-4H3,(H,18,20). The van der Waals surface area contributed by atoms with E-state index >= 15 is 0 Å². The number of hydrogen-bond donors (Lipinski definition) is 1. The fourth-order valence-corrected chi connectivity index (χ4v) is 2.52. The number of amides is 1. The first-order valence-electron chi connectivity index (χ1n) is 7.51. The number of benzene rings is 1. The van der Waals surface area contributed by atoms with E-state index in [-0.39, 0.29) is 5.91 Å². The van der Waals surface area contributed by atoms with Crippen LogP contribution in [0.2, 0.25) is 0 Å². The van der Waals surface area contributed by atoms with Crippen molar-refractivity contribution < 1.29 is 9.53 Å². The summed E-state index contributed by atoms with van der Waals surface area (Å²) in [5.74, 6) is 0.961. The molecule has 1 aromatic heterocycles. The zero-order valence-electron chi connectivity index (χ0n) is 13.3. The van der Waals surface area contributed by atoms with Gasteiger partial charge in [-0.1, -0.05) is 6.92 Å². The van der Waals surface area contributed by atoms with Gasteiger partial charge in [-0.15, -0.1) is 0 Å². The molecule has 4 heteroatoms. The van der Waals surface area contributed by atoms with E-state index in [1.807, 2.05) is 13.0 Å². The predicted octanol–water partition coefficient (Wildman–Crippen LogP) is 3.30. The Bertz CT molecular complexity index is 629. The smallest absolute Gasteiger partial charge is 0.219 e. The molecule has 2 aromatic rings. The predicted molar refractivity (Wildman–Crippen MR) is 85.9 cm³/mol. The minimum Gasteiger partial charge on any atom is -0.497 e. The van der Waals surface area contributed by atoms with Crippen molar-refractivity contribution in [1.82, 2.24) is 9.88 Å². The highest BCUT2D eigenvalue weighted by Crippen LogP contribution is 2.28. The summed E-state index contributed by atoms with van der Waals surface area (Å²) in [5.41, 5.74) is 2.46. The second-order valence-electron chi connectivity index (χ2n) is 5.49. The Morgan fingerprint density at radius 1 is 1.38 bits per heavy atom. The minimum absolute atomic E-state index is 0.0974. The Morgan fingerprint density at radius 3 is 2.76 bits per heavy atom. The number of carbonyl (C=O) groups excluding carboxylic acids is 1. The molecule has 0 saturated carbocycles. The first-order chi connectivity index (χ1) is 10.1. The molecule has 0 spiro atoms. The lowest BCUT2D eigenvalue weighted by molar-refractivity contribution is -0.120. The molecule has 0 saturated heterocycles. The molecule has 1 amide bonds. The Balaban J connectivity index is 2.30. The van der Waals surface area contributed by atoms with Gasteiger partial charge in [-0.05, 0) is 44.0 Å². The number of nitrogens with zero attached hydrogens (tertiary/aromatic N) is 1. The van der Waals surface area contributed by atoms with Crippen LogP contribution < -0.4 is 10.1 Å². The summed E-state index contributed by atoms with van der Waals surface area (Å²) >= 11 is 0. The second-order valence-corrected chi connectivity index (χ2v) is 5.49. The molecule has 1 N–H and O–H groups in total. The zero-order chi connectivity index (χ0) is 15.4. The van der Waals surface area contributed by atoms with Gasteiger partial charge in [-0.3, -0.25) is 4.79 Å². The van der Waals surface area contributed by atoms with E-state index in [0.717, 1.165) is 12.2 Å². The third kappa shape index (κ3) is 3.38. The number of nitrogens with one attached hydrogen (secondary N) is 1. The van der Waals surface area contributed by atoms with Crippen LogP contribution in [-0.4, -0.2) is 24.1 Å². The largest absolute Gasteiger partial charge is 0.497 e. The number of hydrogen-bond acceptors (Lipinski definition) is 2. The molecule has 0 aliphatic rings. The van der Waals surface area contributed by atoms with Gasteiger partial charge in [-0.25, -0.2) is 0 Å². The topological polar surface area (TPSA) is 43.3 Å². The lowest BCUT2D eigenvalue weighted by Gasteiger charge is -2.09. The number of rotatable bonds is 6. The van der Waals surface area contributed by atoms with Crippen molar-refractivity contribution in [2.24, 2.45) is 0 Å². The van der Waals surface area contributed by atoms with Crippen LogP contribution >= 0.6 is 0 Å². The van der Waals surface area contributed by atoms with Crippen molar-refractivity contribution in [1.29, 1.82) is 0 Å². The van der Waals surface area contributed by atoms with Crippen LogP contribution in [0.5, 0.6) is 5.75 Å². The fourth-order valence-electron chi connectivity index (χ4n) is 2.52. The highest BCUT2D eigenvalue weighted by Gasteiger charge is 2.11. The minimum atomic E-state index is 0.0974. The Kier molecular flexibility index (Phi) is 4.89. The molecule has 0 atom stereocenters. The monoisotopic (exact) mass is 288 g/mol. The number of aromatic nitrogens is 1. The molecule has 0 bridgehead atoms. The molecular formula is C17H24N2O2.